The predicted molar refractivity (Wildman–Crippen MR) is 121 cm³/mol. The van der Waals surface area contributed by atoms with E-state index in [1.165, 1.54) is 0 Å². The Morgan fingerprint density at radius 1 is 1.28 bits per heavy atom. The molecule has 1 aliphatic carbocycles. The standard InChI is InChI=1S/C24H29N5O3/c1-15-3-2-8-25-21(15)22(17-4-5-17)28-24(31)18-11-19-23(26-12-18)27-13-20(30)29(19)14-16-6-9-32-10-7-16/h2-3,8,11-12,16-17,22H,4-7,9-10,13-14H2,1H3,(H,26,27)(H,28,31). The summed E-state index contributed by atoms with van der Waals surface area (Å²) < 4.78 is 5.46. The molecule has 32 heavy (non-hydrogen) atoms. The molecule has 1 atom stereocenters. The molecule has 4 heterocycles. The van der Waals surface area contributed by atoms with E-state index >= 15 is 0 Å². The topological polar surface area (TPSA) is 96.5 Å². The van der Waals surface area contributed by atoms with Crippen LogP contribution in [0.3, 0.4) is 0 Å². The number of rotatable bonds is 6. The van der Waals surface area contributed by atoms with Crippen LogP contribution in [0, 0.1) is 18.8 Å². The van der Waals surface area contributed by atoms with Crippen LogP contribution in [0.5, 0.6) is 0 Å². The van der Waals surface area contributed by atoms with Gasteiger partial charge in [0.1, 0.15) is 5.82 Å². The Kier molecular flexibility index (Phi) is 5.78. The molecule has 168 valence electrons. The molecule has 2 aliphatic heterocycles. The number of ether oxygens (including phenoxy) is 1. The van der Waals surface area contributed by atoms with Gasteiger partial charge in [-0.15, -0.1) is 0 Å². The lowest BCUT2D eigenvalue weighted by atomic mass is 9.99. The van der Waals surface area contributed by atoms with Gasteiger partial charge in [-0.1, -0.05) is 6.07 Å². The van der Waals surface area contributed by atoms with Crippen molar-refractivity contribution in [3.05, 3.63) is 47.4 Å². The monoisotopic (exact) mass is 435 g/mol. The van der Waals surface area contributed by atoms with E-state index in [-0.39, 0.29) is 24.4 Å². The fourth-order valence-corrected chi connectivity index (χ4v) is 4.58. The number of hydrogen-bond donors (Lipinski definition) is 2. The summed E-state index contributed by atoms with van der Waals surface area (Å²) in [6.07, 6.45) is 7.40. The van der Waals surface area contributed by atoms with Crippen LogP contribution >= 0.6 is 0 Å². The van der Waals surface area contributed by atoms with E-state index in [0.29, 0.717) is 35.4 Å². The predicted octanol–water partition coefficient (Wildman–Crippen LogP) is 2.85. The maximum Gasteiger partial charge on any atom is 0.253 e. The quantitative estimate of drug-likeness (QED) is 0.724. The third-order valence-electron chi connectivity index (χ3n) is 6.63. The summed E-state index contributed by atoms with van der Waals surface area (Å²) in [5, 5.41) is 6.26. The smallest absolute Gasteiger partial charge is 0.253 e. The van der Waals surface area contributed by atoms with Crippen LogP contribution < -0.4 is 15.5 Å². The van der Waals surface area contributed by atoms with Crippen molar-refractivity contribution in [2.75, 3.05) is 36.5 Å². The number of nitrogens with one attached hydrogen (secondary N) is 2. The van der Waals surface area contributed by atoms with E-state index in [4.69, 9.17) is 4.74 Å². The van der Waals surface area contributed by atoms with E-state index in [0.717, 1.165) is 50.2 Å². The summed E-state index contributed by atoms with van der Waals surface area (Å²) in [6.45, 7) is 4.33. The third kappa shape index (κ3) is 4.32. The van der Waals surface area contributed by atoms with E-state index in [2.05, 4.69) is 20.6 Å². The number of amides is 2. The molecular formula is C24H29N5O3. The van der Waals surface area contributed by atoms with Crippen molar-refractivity contribution >= 4 is 23.3 Å². The molecule has 0 spiro atoms. The van der Waals surface area contributed by atoms with Gasteiger partial charge in [0.05, 0.1) is 29.5 Å². The molecule has 2 fully saturated rings. The molecule has 2 aromatic heterocycles. The Bertz CT molecular complexity index is 1020. The van der Waals surface area contributed by atoms with Crippen LogP contribution in [0.15, 0.2) is 30.6 Å². The normalized spacial score (nSPS) is 19.8. The van der Waals surface area contributed by atoms with Crippen molar-refractivity contribution in [2.45, 2.75) is 38.6 Å². The zero-order valence-electron chi connectivity index (χ0n) is 18.3. The molecular weight excluding hydrogens is 406 g/mol. The molecule has 2 aromatic rings. The molecule has 0 radical (unpaired) electrons. The van der Waals surface area contributed by atoms with E-state index in [1.54, 1.807) is 23.4 Å². The lowest BCUT2D eigenvalue weighted by Crippen LogP contribution is -2.44. The van der Waals surface area contributed by atoms with Crippen LogP contribution in [0.2, 0.25) is 0 Å². The van der Waals surface area contributed by atoms with Crippen LogP contribution in [0.25, 0.3) is 0 Å². The van der Waals surface area contributed by atoms with Gasteiger partial charge < -0.3 is 20.3 Å². The summed E-state index contributed by atoms with van der Waals surface area (Å²) in [4.78, 5) is 36.7. The first-order chi connectivity index (χ1) is 15.6. The van der Waals surface area contributed by atoms with Gasteiger partial charge in [0.25, 0.3) is 5.91 Å². The Morgan fingerprint density at radius 3 is 2.84 bits per heavy atom. The number of aryl methyl sites for hydroxylation is 1. The molecule has 1 saturated heterocycles. The SMILES string of the molecule is Cc1cccnc1C(NC(=O)c1cnc2c(c1)N(CC1CCOCC1)C(=O)CN2)C1CC1. The van der Waals surface area contributed by atoms with Crippen LogP contribution in [0.4, 0.5) is 11.5 Å². The highest BCUT2D eigenvalue weighted by Gasteiger charge is 2.36. The first kappa shape index (κ1) is 20.9. The van der Waals surface area contributed by atoms with E-state index in [9.17, 15) is 9.59 Å². The zero-order valence-corrected chi connectivity index (χ0v) is 18.3. The molecule has 1 unspecified atom stereocenters. The first-order valence-corrected chi connectivity index (χ1v) is 11.4. The molecule has 0 aromatic carbocycles. The van der Waals surface area contributed by atoms with Crippen LogP contribution in [0.1, 0.15) is 53.3 Å². The van der Waals surface area contributed by atoms with Crippen molar-refractivity contribution in [3.8, 4) is 0 Å². The minimum atomic E-state index is -0.189. The van der Waals surface area contributed by atoms with Crippen molar-refractivity contribution in [2.24, 2.45) is 11.8 Å². The number of carbonyl (C=O) groups is 2. The summed E-state index contributed by atoms with van der Waals surface area (Å²) in [5.41, 5.74) is 3.13. The van der Waals surface area contributed by atoms with Gasteiger partial charge in [0.2, 0.25) is 5.91 Å². The van der Waals surface area contributed by atoms with Crippen LogP contribution in [-0.4, -0.2) is 48.1 Å². The Labute approximate surface area is 187 Å². The maximum absolute atomic E-state index is 13.2. The van der Waals surface area contributed by atoms with E-state index in [1.807, 2.05) is 19.1 Å². The van der Waals surface area contributed by atoms with Crippen molar-refractivity contribution in [1.29, 1.82) is 0 Å². The van der Waals surface area contributed by atoms with Crippen LogP contribution in [-0.2, 0) is 9.53 Å². The Balaban J connectivity index is 1.38. The number of aromatic nitrogens is 2. The van der Waals surface area contributed by atoms with Crippen molar-refractivity contribution in [3.63, 3.8) is 0 Å². The lowest BCUT2D eigenvalue weighted by molar-refractivity contribution is -0.117. The fraction of sp³-hybridized carbons (Fsp3) is 0.500. The van der Waals surface area contributed by atoms with Gasteiger partial charge in [-0.2, -0.15) is 0 Å². The van der Waals surface area contributed by atoms with Crippen molar-refractivity contribution < 1.29 is 14.3 Å². The molecule has 0 bridgehead atoms. The van der Waals surface area contributed by atoms with Gasteiger partial charge in [0.15, 0.2) is 0 Å². The van der Waals surface area contributed by atoms with Gasteiger partial charge in [-0.05, 0) is 62.1 Å². The second kappa shape index (κ2) is 8.86. The maximum atomic E-state index is 13.2. The van der Waals surface area contributed by atoms with Gasteiger partial charge >= 0.3 is 0 Å². The third-order valence-corrected chi connectivity index (χ3v) is 6.63. The minimum Gasteiger partial charge on any atom is -0.381 e. The highest BCUT2D eigenvalue weighted by Crippen LogP contribution is 2.41. The molecule has 8 nitrogen and oxygen atoms in total. The Hall–Kier alpha value is -3.00. The number of pyridine rings is 2. The Morgan fingerprint density at radius 2 is 2.09 bits per heavy atom. The van der Waals surface area contributed by atoms with E-state index < -0.39 is 0 Å². The average molecular weight is 436 g/mol. The van der Waals surface area contributed by atoms with Crippen molar-refractivity contribution in [1.82, 2.24) is 15.3 Å². The minimum absolute atomic E-state index is 0.00307. The molecule has 2 amide bonds. The molecule has 1 saturated carbocycles. The largest absolute Gasteiger partial charge is 0.381 e. The highest BCUT2D eigenvalue weighted by molar-refractivity contribution is 6.04. The first-order valence-electron chi connectivity index (χ1n) is 11.4. The highest BCUT2D eigenvalue weighted by atomic mass is 16.5. The zero-order chi connectivity index (χ0) is 22.1. The molecule has 3 aliphatic rings. The second-order valence-electron chi connectivity index (χ2n) is 9.00. The fourth-order valence-electron chi connectivity index (χ4n) is 4.58. The average Bonchev–Trinajstić information content (AvgIpc) is 3.65. The summed E-state index contributed by atoms with van der Waals surface area (Å²) in [7, 11) is 0. The summed E-state index contributed by atoms with van der Waals surface area (Å²) in [5.74, 6) is 1.26. The number of hydrogen-bond acceptors (Lipinski definition) is 6. The van der Waals surface area contributed by atoms with Gasteiger partial charge in [-0.25, -0.2) is 4.98 Å². The number of nitrogens with zero attached hydrogens (tertiary/aromatic N) is 3. The van der Waals surface area contributed by atoms with Gasteiger partial charge in [0, 0.05) is 32.2 Å². The van der Waals surface area contributed by atoms with Gasteiger partial charge in [-0.3, -0.25) is 14.6 Å². The molecule has 5 rings (SSSR count). The number of anilines is 2. The lowest BCUT2D eigenvalue weighted by Gasteiger charge is -2.34. The number of fused-ring (bicyclic) bond motifs is 1. The summed E-state index contributed by atoms with van der Waals surface area (Å²) >= 11 is 0. The number of carbonyl (C=O) groups excluding carboxylic acids is 2. The molecule has 2 N–H and O–H groups in total. The second-order valence-corrected chi connectivity index (χ2v) is 9.00. The molecule has 8 heteroatoms. The summed E-state index contributed by atoms with van der Waals surface area (Å²) in [6, 6.07) is 5.61.